The van der Waals surface area contributed by atoms with Gasteiger partial charge in [0, 0.05) is 27.9 Å². The van der Waals surface area contributed by atoms with Crippen LogP contribution < -0.4 is 0 Å². The molecule has 5 aromatic carbocycles. The second-order valence-electron chi connectivity index (χ2n) is 12.1. The van der Waals surface area contributed by atoms with Gasteiger partial charge < -0.3 is 4.57 Å². The van der Waals surface area contributed by atoms with Crippen molar-refractivity contribution in [3.63, 3.8) is 0 Å². The molecule has 0 atom stereocenters. The molecule has 0 N–H and O–H groups in total. The zero-order chi connectivity index (χ0) is 27.8. The normalized spacial score (nSPS) is 12.5. The summed E-state index contributed by atoms with van der Waals surface area (Å²) in [5.74, 6) is 0. The molecule has 0 bridgehead atoms. The summed E-state index contributed by atoms with van der Waals surface area (Å²) in [5, 5.41) is 8.33. The third-order valence-corrected chi connectivity index (χ3v) is 9.30. The first-order chi connectivity index (χ1) is 20.3. The Labute approximate surface area is 244 Å². The Morgan fingerprint density at radius 2 is 1.32 bits per heavy atom. The topological polar surface area (TPSA) is 4.93 Å². The number of aromatic nitrogens is 1. The van der Waals surface area contributed by atoms with Crippen LogP contribution in [0.5, 0.6) is 0 Å². The van der Waals surface area contributed by atoms with E-state index in [9.17, 15) is 0 Å². The van der Waals surface area contributed by atoms with Crippen LogP contribution in [0.2, 0.25) is 0 Å². The Morgan fingerprint density at radius 3 is 2.17 bits per heavy atom. The standard InChI is InChI=1S/C40H41N/c1-3-5-7-9-15-28-25-35-32-19-13-11-17-30(32)23-24-41-39(35)36(26-28)37-27-31(18-10-8-6-4-2)34-22-21-29-16-12-14-20-33(29)38(34)40(37)41/h11-14,16-17,19-27H,3-10,15,18H2,1-2H3. The third kappa shape index (κ3) is 4.56. The first-order valence-electron chi connectivity index (χ1n) is 16.0. The molecule has 0 fully saturated rings. The minimum Gasteiger partial charge on any atom is -0.315 e. The molecule has 0 unspecified atom stereocenters. The van der Waals surface area contributed by atoms with E-state index in [1.165, 1.54) is 123 Å². The van der Waals surface area contributed by atoms with Gasteiger partial charge in [-0.2, -0.15) is 0 Å². The van der Waals surface area contributed by atoms with Crippen molar-refractivity contribution in [2.45, 2.75) is 78.1 Å². The summed E-state index contributed by atoms with van der Waals surface area (Å²) in [6.07, 6.45) is 17.3. The summed E-state index contributed by atoms with van der Waals surface area (Å²) < 4.78 is 2.52. The summed E-state index contributed by atoms with van der Waals surface area (Å²) in [6, 6.07) is 30.2. The zero-order valence-corrected chi connectivity index (χ0v) is 24.7. The third-order valence-electron chi connectivity index (χ3n) is 9.30. The molecule has 0 spiro atoms. The number of hydrogen-bond acceptors (Lipinski definition) is 0. The fourth-order valence-corrected chi connectivity index (χ4v) is 7.22. The van der Waals surface area contributed by atoms with Crippen LogP contribution in [-0.2, 0) is 12.8 Å². The Kier molecular flexibility index (Phi) is 7.13. The van der Waals surface area contributed by atoms with E-state index in [0.717, 1.165) is 12.8 Å². The quantitative estimate of drug-likeness (QED) is 0.121. The smallest absolute Gasteiger partial charge is 0.0620 e. The van der Waals surface area contributed by atoms with Crippen LogP contribution in [-0.4, -0.2) is 4.57 Å². The van der Waals surface area contributed by atoms with Crippen molar-refractivity contribution in [3.05, 3.63) is 95.6 Å². The van der Waals surface area contributed by atoms with Crippen molar-refractivity contribution in [1.82, 2.24) is 4.57 Å². The van der Waals surface area contributed by atoms with E-state index in [-0.39, 0.29) is 0 Å². The van der Waals surface area contributed by atoms with Gasteiger partial charge in [-0.3, -0.25) is 0 Å². The molecule has 0 aliphatic carbocycles. The second-order valence-corrected chi connectivity index (χ2v) is 12.1. The average Bonchev–Trinajstić information content (AvgIpc) is 3.22. The Hall–Kier alpha value is -3.84. The summed E-state index contributed by atoms with van der Waals surface area (Å²) in [6.45, 7) is 4.60. The molecule has 1 aromatic heterocycles. The molecule has 0 amide bonds. The summed E-state index contributed by atoms with van der Waals surface area (Å²) in [7, 11) is 0. The van der Waals surface area contributed by atoms with E-state index in [1.807, 2.05) is 0 Å². The highest BCUT2D eigenvalue weighted by molar-refractivity contribution is 6.28. The van der Waals surface area contributed by atoms with Crippen molar-refractivity contribution < 1.29 is 0 Å². The fraction of sp³-hybridized carbons (Fsp3) is 0.300. The van der Waals surface area contributed by atoms with E-state index in [1.54, 1.807) is 0 Å². The molecular formula is C40H41N. The lowest BCUT2D eigenvalue weighted by Crippen LogP contribution is -1.93. The number of nitrogens with zero attached hydrogens (tertiary/aromatic N) is 1. The first-order valence-corrected chi connectivity index (χ1v) is 16.0. The van der Waals surface area contributed by atoms with Crippen LogP contribution in [0.1, 0.15) is 81.9 Å². The lowest BCUT2D eigenvalue weighted by Gasteiger charge is -2.13. The van der Waals surface area contributed by atoms with E-state index in [4.69, 9.17) is 0 Å². The Bertz CT molecular complexity index is 1920. The highest BCUT2D eigenvalue weighted by Gasteiger charge is 2.22. The minimum atomic E-state index is 1.14. The van der Waals surface area contributed by atoms with E-state index in [0.29, 0.717) is 0 Å². The maximum atomic E-state index is 2.56. The van der Waals surface area contributed by atoms with Gasteiger partial charge in [0.2, 0.25) is 0 Å². The molecule has 1 nitrogen and oxygen atoms in total. The molecule has 1 aliphatic heterocycles. The number of rotatable bonds is 10. The monoisotopic (exact) mass is 535 g/mol. The Morgan fingerprint density at radius 1 is 0.561 bits per heavy atom. The number of fused-ring (bicyclic) bond motifs is 9. The molecule has 0 saturated carbocycles. The van der Waals surface area contributed by atoms with Crippen LogP contribution in [0, 0.1) is 0 Å². The van der Waals surface area contributed by atoms with E-state index in [2.05, 4.69) is 110 Å². The van der Waals surface area contributed by atoms with Crippen LogP contribution in [0.25, 0.3) is 66.8 Å². The molecule has 1 heteroatoms. The number of benzene rings is 5. The van der Waals surface area contributed by atoms with Crippen molar-refractivity contribution in [1.29, 1.82) is 0 Å². The number of aryl methyl sites for hydroxylation is 2. The van der Waals surface area contributed by atoms with Gasteiger partial charge in [0.05, 0.1) is 11.0 Å². The van der Waals surface area contributed by atoms with Gasteiger partial charge in [-0.05, 0) is 88.4 Å². The fourth-order valence-electron chi connectivity index (χ4n) is 7.22. The van der Waals surface area contributed by atoms with Crippen LogP contribution in [0.15, 0.2) is 78.9 Å². The first kappa shape index (κ1) is 26.1. The molecule has 1 aliphatic rings. The molecule has 7 rings (SSSR count). The molecule has 0 saturated heterocycles. The highest BCUT2D eigenvalue weighted by atomic mass is 15.0. The van der Waals surface area contributed by atoms with E-state index < -0.39 is 0 Å². The van der Waals surface area contributed by atoms with Crippen molar-refractivity contribution in [3.8, 4) is 11.1 Å². The van der Waals surface area contributed by atoms with Gasteiger partial charge in [0.25, 0.3) is 0 Å². The minimum absolute atomic E-state index is 1.14. The van der Waals surface area contributed by atoms with E-state index >= 15 is 0 Å². The van der Waals surface area contributed by atoms with Gasteiger partial charge in [-0.1, -0.05) is 113 Å². The van der Waals surface area contributed by atoms with Crippen LogP contribution in [0.4, 0.5) is 0 Å². The highest BCUT2D eigenvalue weighted by Crippen LogP contribution is 2.45. The van der Waals surface area contributed by atoms with Gasteiger partial charge >= 0.3 is 0 Å². The number of unbranched alkanes of at least 4 members (excludes halogenated alkanes) is 6. The molecular weight excluding hydrogens is 494 g/mol. The average molecular weight is 536 g/mol. The van der Waals surface area contributed by atoms with Gasteiger partial charge in [0.15, 0.2) is 0 Å². The Balaban J connectivity index is 1.57. The van der Waals surface area contributed by atoms with Crippen molar-refractivity contribution in [2.24, 2.45) is 0 Å². The molecule has 2 heterocycles. The maximum Gasteiger partial charge on any atom is 0.0620 e. The van der Waals surface area contributed by atoms with Gasteiger partial charge in [-0.25, -0.2) is 0 Å². The number of hydrogen-bond donors (Lipinski definition) is 0. The van der Waals surface area contributed by atoms with Crippen LogP contribution in [0.3, 0.4) is 0 Å². The zero-order valence-electron chi connectivity index (χ0n) is 24.7. The molecule has 0 radical (unpaired) electrons. The second kappa shape index (κ2) is 11.2. The summed E-state index contributed by atoms with van der Waals surface area (Å²) in [4.78, 5) is 0. The summed E-state index contributed by atoms with van der Waals surface area (Å²) >= 11 is 0. The molecule has 6 aromatic rings. The maximum absolute atomic E-state index is 2.56. The molecule has 41 heavy (non-hydrogen) atoms. The largest absolute Gasteiger partial charge is 0.315 e. The lowest BCUT2D eigenvalue weighted by molar-refractivity contribution is 0.667. The van der Waals surface area contributed by atoms with Crippen molar-refractivity contribution >= 4 is 55.6 Å². The van der Waals surface area contributed by atoms with Crippen LogP contribution >= 0.6 is 0 Å². The van der Waals surface area contributed by atoms with Gasteiger partial charge in [-0.15, -0.1) is 0 Å². The SMILES string of the molecule is CCCCCCc1cc2c3c(c1)c1cc(CCCCCC)c4ccc5ccccc5c4c1n3C=Cc1ccccc1-2. The molecule has 206 valence electrons. The van der Waals surface area contributed by atoms with Gasteiger partial charge in [0.1, 0.15) is 0 Å². The summed E-state index contributed by atoms with van der Waals surface area (Å²) in [5.41, 5.74) is 9.72. The predicted octanol–water partition coefficient (Wildman–Crippen LogP) is 12.0. The van der Waals surface area contributed by atoms with Crippen molar-refractivity contribution in [2.75, 3.05) is 0 Å². The predicted molar refractivity (Wildman–Crippen MR) is 181 cm³/mol. The lowest BCUT2D eigenvalue weighted by atomic mass is 9.91.